The van der Waals surface area contributed by atoms with Crippen LogP contribution in [0.4, 0.5) is 0 Å². The van der Waals surface area contributed by atoms with Crippen LogP contribution in [0.3, 0.4) is 0 Å². The van der Waals surface area contributed by atoms with Crippen LogP contribution < -0.4 is 11.5 Å². The zero-order valence-corrected chi connectivity index (χ0v) is 9.73. The van der Waals surface area contributed by atoms with Crippen molar-refractivity contribution in [3.05, 3.63) is 35.9 Å². The highest BCUT2D eigenvalue weighted by molar-refractivity contribution is 5.15. The van der Waals surface area contributed by atoms with Crippen molar-refractivity contribution in [2.75, 3.05) is 13.1 Å². The predicted octanol–water partition coefficient (Wildman–Crippen LogP) is 1.75. The summed E-state index contributed by atoms with van der Waals surface area (Å²) >= 11 is 0. The molecule has 0 spiro atoms. The van der Waals surface area contributed by atoms with Gasteiger partial charge in [0.2, 0.25) is 0 Å². The average Bonchev–Trinajstić information content (AvgIpc) is 2.31. The van der Waals surface area contributed by atoms with Crippen LogP contribution >= 0.6 is 0 Å². The first-order valence-electron chi connectivity index (χ1n) is 5.79. The van der Waals surface area contributed by atoms with E-state index in [9.17, 15) is 5.11 Å². The second-order valence-electron chi connectivity index (χ2n) is 4.34. The lowest BCUT2D eigenvalue weighted by molar-refractivity contribution is 0.0891. The van der Waals surface area contributed by atoms with E-state index in [2.05, 4.69) is 17.4 Å². The quantitative estimate of drug-likeness (QED) is 0.730. The molecule has 3 heteroatoms. The number of nitrogens with one attached hydrogen (secondary N) is 1. The molecule has 0 aliphatic carbocycles. The minimum atomic E-state index is -0.172. The van der Waals surface area contributed by atoms with Crippen LogP contribution in [-0.2, 0) is 6.42 Å². The second-order valence-corrected chi connectivity index (χ2v) is 4.34. The number of rotatable bonds is 3. The van der Waals surface area contributed by atoms with Gasteiger partial charge in [-0.15, -0.1) is 0 Å². The molecule has 90 valence electrons. The van der Waals surface area contributed by atoms with Crippen molar-refractivity contribution in [2.45, 2.75) is 25.4 Å². The van der Waals surface area contributed by atoms with Gasteiger partial charge in [-0.2, -0.15) is 0 Å². The third-order valence-electron chi connectivity index (χ3n) is 3.22. The van der Waals surface area contributed by atoms with E-state index in [4.69, 9.17) is 0 Å². The fraction of sp³-hybridized carbons (Fsp3) is 0.538. The van der Waals surface area contributed by atoms with Crippen molar-refractivity contribution in [1.29, 1.82) is 0 Å². The van der Waals surface area contributed by atoms with Crippen LogP contribution in [0.5, 0.6) is 0 Å². The topological polar surface area (TPSA) is 67.3 Å². The molecule has 16 heavy (non-hydrogen) atoms. The van der Waals surface area contributed by atoms with E-state index in [1.54, 1.807) is 0 Å². The van der Waals surface area contributed by atoms with E-state index in [0.29, 0.717) is 5.92 Å². The van der Waals surface area contributed by atoms with Crippen LogP contribution in [0, 0.1) is 5.92 Å². The summed E-state index contributed by atoms with van der Waals surface area (Å²) < 4.78 is 0. The number of aliphatic hydroxyl groups excluding tert-OH is 1. The summed E-state index contributed by atoms with van der Waals surface area (Å²) in [5.41, 5.74) is 1.24. The van der Waals surface area contributed by atoms with Gasteiger partial charge in [0.25, 0.3) is 0 Å². The minimum Gasteiger partial charge on any atom is -0.392 e. The molecule has 1 aliphatic heterocycles. The molecule has 1 aliphatic rings. The Morgan fingerprint density at radius 1 is 1.19 bits per heavy atom. The fourth-order valence-electron chi connectivity index (χ4n) is 2.25. The molecule has 1 atom stereocenters. The summed E-state index contributed by atoms with van der Waals surface area (Å²) in [6.45, 7) is 2.10. The molecule has 3 nitrogen and oxygen atoms in total. The van der Waals surface area contributed by atoms with Crippen LogP contribution in [0.2, 0.25) is 0 Å². The van der Waals surface area contributed by atoms with Gasteiger partial charge in [-0.1, -0.05) is 30.3 Å². The van der Waals surface area contributed by atoms with E-state index in [1.807, 2.05) is 18.2 Å². The lowest BCUT2D eigenvalue weighted by Gasteiger charge is -2.27. The molecule has 0 aromatic heterocycles. The van der Waals surface area contributed by atoms with Gasteiger partial charge >= 0.3 is 0 Å². The van der Waals surface area contributed by atoms with Gasteiger partial charge in [0.05, 0.1) is 6.10 Å². The summed E-state index contributed by atoms with van der Waals surface area (Å²) in [7, 11) is 0. The molecular weight excluding hydrogens is 200 g/mol. The zero-order chi connectivity index (χ0) is 10.5. The van der Waals surface area contributed by atoms with E-state index in [1.165, 1.54) is 5.56 Å². The van der Waals surface area contributed by atoms with Gasteiger partial charge in [0.15, 0.2) is 0 Å². The van der Waals surface area contributed by atoms with Gasteiger partial charge in [0, 0.05) is 0 Å². The largest absolute Gasteiger partial charge is 0.392 e. The minimum absolute atomic E-state index is 0. The lowest BCUT2D eigenvalue weighted by atomic mass is 9.89. The summed E-state index contributed by atoms with van der Waals surface area (Å²) in [6.07, 6.45) is 2.84. The van der Waals surface area contributed by atoms with E-state index in [0.717, 1.165) is 32.4 Å². The summed E-state index contributed by atoms with van der Waals surface area (Å²) in [6, 6.07) is 10.3. The first-order chi connectivity index (χ1) is 7.36. The number of aliphatic hydroxyl groups is 1. The highest BCUT2D eigenvalue weighted by Crippen LogP contribution is 2.19. The van der Waals surface area contributed by atoms with Crippen molar-refractivity contribution in [3.8, 4) is 0 Å². The third kappa shape index (κ3) is 3.59. The normalized spacial score (nSPS) is 18.8. The summed E-state index contributed by atoms with van der Waals surface area (Å²) in [4.78, 5) is 0. The first kappa shape index (κ1) is 13.2. The zero-order valence-electron chi connectivity index (χ0n) is 9.73. The number of piperidine rings is 1. The second kappa shape index (κ2) is 6.63. The third-order valence-corrected chi connectivity index (χ3v) is 3.22. The summed E-state index contributed by atoms with van der Waals surface area (Å²) in [5, 5.41) is 13.4. The maximum absolute atomic E-state index is 10.1. The molecule has 0 radical (unpaired) electrons. The first-order valence-corrected chi connectivity index (χ1v) is 5.79. The SMILES string of the molecule is N.OC(Cc1ccccc1)C1CCNCC1. The smallest absolute Gasteiger partial charge is 0.0609 e. The van der Waals surface area contributed by atoms with Crippen molar-refractivity contribution >= 4 is 0 Å². The van der Waals surface area contributed by atoms with Crippen molar-refractivity contribution < 1.29 is 5.11 Å². The van der Waals surface area contributed by atoms with Crippen LogP contribution in [0.15, 0.2) is 30.3 Å². The van der Waals surface area contributed by atoms with E-state index in [-0.39, 0.29) is 12.3 Å². The van der Waals surface area contributed by atoms with E-state index >= 15 is 0 Å². The molecule has 1 fully saturated rings. The Labute approximate surface area is 97.5 Å². The Kier molecular flexibility index (Phi) is 5.46. The molecule has 2 rings (SSSR count). The molecule has 5 N–H and O–H groups in total. The maximum atomic E-state index is 10.1. The Balaban J connectivity index is 0.00000128. The molecule has 0 saturated carbocycles. The van der Waals surface area contributed by atoms with E-state index < -0.39 is 0 Å². The fourth-order valence-corrected chi connectivity index (χ4v) is 2.25. The maximum Gasteiger partial charge on any atom is 0.0609 e. The van der Waals surface area contributed by atoms with Crippen LogP contribution in [-0.4, -0.2) is 24.3 Å². The molecular formula is C13H22N2O. The van der Waals surface area contributed by atoms with Gasteiger partial charge < -0.3 is 16.6 Å². The van der Waals surface area contributed by atoms with Crippen molar-refractivity contribution in [2.24, 2.45) is 5.92 Å². The highest BCUT2D eigenvalue weighted by Gasteiger charge is 2.21. The Bertz CT molecular complexity index is 283. The molecule has 1 saturated heterocycles. The summed E-state index contributed by atoms with van der Waals surface area (Å²) in [5.74, 6) is 0.478. The molecule has 1 heterocycles. The molecule has 0 bridgehead atoms. The molecule has 1 aromatic rings. The number of benzene rings is 1. The van der Waals surface area contributed by atoms with Crippen LogP contribution in [0.25, 0.3) is 0 Å². The number of hydrogen-bond acceptors (Lipinski definition) is 3. The van der Waals surface area contributed by atoms with Crippen LogP contribution in [0.1, 0.15) is 18.4 Å². The van der Waals surface area contributed by atoms with Gasteiger partial charge in [0.1, 0.15) is 0 Å². The Morgan fingerprint density at radius 3 is 2.44 bits per heavy atom. The molecule has 1 aromatic carbocycles. The highest BCUT2D eigenvalue weighted by atomic mass is 16.3. The van der Waals surface area contributed by atoms with Gasteiger partial charge in [-0.25, -0.2) is 0 Å². The van der Waals surface area contributed by atoms with Gasteiger partial charge in [-0.05, 0) is 43.8 Å². The standard InChI is InChI=1S/C13H19NO.H3N/c15-13(12-6-8-14-9-7-12)10-11-4-2-1-3-5-11;/h1-5,12-15H,6-10H2;1H3. The Morgan fingerprint density at radius 2 is 1.81 bits per heavy atom. The van der Waals surface area contributed by atoms with Crippen molar-refractivity contribution in [3.63, 3.8) is 0 Å². The Hall–Kier alpha value is -0.900. The van der Waals surface area contributed by atoms with Crippen molar-refractivity contribution in [1.82, 2.24) is 11.5 Å². The monoisotopic (exact) mass is 222 g/mol. The number of hydrogen-bond donors (Lipinski definition) is 3. The molecule has 1 unspecified atom stereocenters. The average molecular weight is 222 g/mol. The molecule has 0 amide bonds. The predicted molar refractivity (Wildman–Crippen MR) is 66.8 cm³/mol. The lowest BCUT2D eigenvalue weighted by Crippen LogP contribution is -2.34. The van der Waals surface area contributed by atoms with Gasteiger partial charge in [-0.3, -0.25) is 0 Å².